The van der Waals surface area contributed by atoms with Gasteiger partial charge in [0.05, 0.1) is 0 Å². The summed E-state index contributed by atoms with van der Waals surface area (Å²) >= 11 is 0. The zero-order valence-electron chi connectivity index (χ0n) is 46.3. The van der Waals surface area contributed by atoms with Crippen LogP contribution in [0, 0.1) is 0 Å². The maximum Gasteiger partial charge on any atom is 0.306 e. The lowest BCUT2D eigenvalue weighted by Crippen LogP contribution is -2.30. The van der Waals surface area contributed by atoms with E-state index in [1.165, 1.54) is 218 Å². The number of unbranched alkanes of at least 4 members (excludes halogenated alkanes) is 39. The zero-order valence-corrected chi connectivity index (χ0v) is 46.3. The molecule has 0 aliphatic heterocycles. The Balaban J connectivity index is 4.07. The molecular formula is C63H116O6. The van der Waals surface area contributed by atoms with E-state index in [4.69, 9.17) is 14.2 Å². The molecule has 0 aliphatic carbocycles. The third-order valence-corrected chi connectivity index (χ3v) is 13.6. The van der Waals surface area contributed by atoms with Crippen LogP contribution in [0.15, 0.2) is 36.5 Å². The number of esters is 3. The highest BCUT2D eigenvalue weighted by Gasteiger charge is 2.19. The lowest BCUT2D eigenvalue weighted by Gasteiger charge is -2.18. The molecule has 1 atom stereocenters. The van der Waals surface area contributed by atoms with Crippen LogP contribution in [0.25, 0.3) is 0 Å². The fourth-order valence-corrected chi connectivity index (χ4v) is 8.99. The van der Waals surface area contributed by atoms with Crippen molar-refractivity contribution in [3.05, 3.63) is 36.5 Å². The molecule has 0 fully saturated rings. The summed E-state index contributed by atoms with van der Waals surface area (Å²) in [5.74, 6) is -0.865. The maximum absolute atomic E-state index is 12.8. The monoisotopic (exact) mass is 969 g/mol. The second kappa shape index (κ2) is 58.2. The second-order valence-electron chi connectivity index (χ2n) is 20.6. The van der Waals surface area contributed by atoms with E-state index in [1.54, 1.807) is 0 Å². The molecule has 6 nitrogen and oxygen atoms in total. The Morgan fingerprint density at radius 2 is 0.536 bits per heavy atom. The van der Waals surface area contributed by atoms with E-state index < -0.39 is 6.10 Å². The third-order valence-electron chi connectivity index (χ3n) is 13.6. The molecule has 0 saturated heterocycles. The number of carbonyl (C=O) groups is 3. The lowest BCUT2D eigenvalue weighted by atomic mass is 10.0. The van der Waals surface area contributed by atoms with Crippen molar-refractivity contribution in [2.75, 3.05) is 13.2 Å². The van der Waals surface area contributed by atoms with Gasteiger partial charge in [0.15, 0.2) is 6.10 Å². The normalized spacial score (nSPS) is 12.2. The molecule has 0 aromatic rings. The van der Waals surface area contributed by atoms with Crippen LogP contribution < -0.4 is 0 Å². The SMILES string of the molecule is CCCC/C=C\CCCCCCCC(=O)OC(COC(=O)CCCCCCCCCCCCC)COC(=O)CCCCCCCCCCCCCCCCCCC/C=C\C/C=C\CCCCCCC. The minimum atomic E-state index is -0.771. The first kappa shape index (κ1) is 66.6. The number of hydrogen-bond acceptors (Lipinski definition) is 6. The molecule has 0 amide bonds. The van der Waals surface area contributed by atoms with Gasteiger partial charge in [0.25, 0.3) is 0 Å². The largest absolute Gasteiger partial charge is 0.462 e. The van der Waals surface area contributed by atoms with Gasteiger partial charge in [-0.05, 0) is 70.6 Å². The minimum Gasteiger partial charge on any atom is -0.462 e. The molecule has 69 heavy (non-hydrogen) atoms. The maximum atomic E-state index is 12.8. The van der Waals surface area contributed by atoms with Crippen molar-refractivity contribution in [1.29, 1.82) is 0 Å². The van der Waals surface area contributed by atoms with Crippen LogP contribution in [0.1, 0.15) is 329 Å². The molecule has 0 radical (unpaired) electrons. The predicted molar refractivity (Wildman–Crippen MR) is 298 cm³/mol. The summed E-state index contributed by atoms with van der Waals surface area (Å²) in [7, 11) is 0. The quantitative estimate of drug-likeness (QED) is 0.0261. The molecule has 0 aromatic carbocycles. The summed E-state index contributed by atoms with van der Waals surface area (Å²) in [5.41, 5.74) is 0. The molecule has 0 aliphatic rings. The van der Waals surface area contributed by atoms with Gasteiger partial charge in [-0.1, -0.05) is 276 Å². The number of carbonyl (C=O) groups excluding carboxylic acids is 3. The molecule has 6 heteroatoms. The molecule has 404 valence electrons. The Hall–Kier alpha value is -2.37. The summed E-state index contributed by atoms with van der Waals surface area (Å²) in [5, 5.41) is 0. The fraction of sp³-hybridized carbons (Fsp3) is 0.857. The van der Waals surface area contributed by atoms with Gasteiger partial charge in [-0.15, -0.1) is 0 Å². The van der Waals surface area contributed by atoms with Crippen LogP contribution in [0.4, 0.5) is 0 Å². The minimum absolute atomic E-state index is 0.0710. The van der Waals surface area contributed by atoms with Crippen LogP contribution in [0.5, 0.6) is 0 Å². The molecular weight excluding hydrogens is 853 g/mol. The number of hydrogen-bond donors (Lipinski definition) is 0. The first-order chi connectivity index (χ1) is 34.0. The van der Waals surface area contributed by atoms with Crippen molar-refractivity contribution >= 4 is 17.9 Å². The summed E-state index contributed by atoms with van der Waals surface area (Å²) < 4.78 is 16.8. The van der Waals surface area contributed by atoms with E-state index in [0.29, 0.717) is 19.3 Å². The highest BCUT2D eigenvalue weighted by molar-refractivity contribution is 5.71. The smallest absolute Gasteiger partial charge is 0.306 e. The zero-order chi connectivity index (χ0) is 50.0. The second-order valence-corrected chi connectivity index (χ2v) is 20.6. The Bertz CT molecular complexity index is 1160. The molecule has 0 heterocycles. The van der Waals surface area contributed by atoms with Gasteiger partial charge >= 0.3 is 17.9 Å². The van der Waals surface area contributed by atoms with Gasteiger partial charge in [-0.3, -0.25) is 14.4 Å². The van der Waals surface area contributed by atoms with Crippen LogP contribution >= 0.6 is 0 Å². The number of allylic oxidation sites excluding steroid dienone is 6. The van der Waals surface area contributed by atoms with E-state index in [2.05, 4.69) is 57.2 Å². The molecule has 0 rings (SSSR count). The standard InChI is InChI=1S/C63H116O6/c1-4-7-10-13-16-19-22-23-24-25-26-27-28-29-30-31-32-33-34-35-36-37-38-39-42-44-47-50-53-56-62(65)68-59-60(69-63(66)57-54-51-48-45-41-21-18-15-12-9-6-3)58-67-61(64)55-52-49-46-43-40-20-17-14-11-8-5-2/h15,18,22-23,25-26,60H,4-14,16-17,19-21,24,27-59H2,1-3H3/b18-15-,23-22-,26-25-. The lowest BCUT2D eigenvalue weighted by molar-refractivity contribution is -0.167. The molecule has 0 aromatic heterocycles. The Morgan fingerprint density at radius 1 is 0.290 bits per heavy atom. The van der Waals surface area contributed by atoms with Gasteiger partial charge in [-0.2, -0.15) is 0 Å². The fourth-order valence-electron chi connectivity index (χ4n) is 8.99. The summed E-state index contributed by atoms with van der Waals surface area (Å²) in [4.78, 5) is 38.0. The van der Waals surface area contributed by atoms with E-state index in [0.717, 1.165) is 70.6 Å². The van der Waals surface area contributed by atoms with Gasteiger partial charge in [0.2, 0.25) is 0 Å². The van der Waals surface area contributed by atoms with Crippen LogP contribution in [-0.2, 0) is 28.6 Å². The van der Waals surface area contributed by atoms with E-state index in [-0.39, 0.29) is 31.1 Å². The van der Waals surface area contributed by atoms with Crippen molar-refractivity contribution in [2.45, 2.75) is 335 Å². The van der Waals surface area contributed by atoms with Crippen LogP contribution in [-0.4, -0.2) is 37.2 Å². The highest BCUT2D eigenvalue weighted by Crippen LogP contribution is 2.17. The van der Waals surface area contributed by atoms with Crippen LogP contribution in [0.2, 0.25) is 0 Å². The van der Waals surface area contributed by atoms with Gasteiger partial charge in [0, 0.05) is 19.3 Å². The van der Waals surface area contributed by atoms with Crippen molar-refractivity contribution in [1.82, 2.24) is 0 Å². The van der Waals surface area contributed by atoms with Gasteiger partial charge in [-0.25, -0.2) is 0 Å². The van der Waals surface area contributed by atoms with Crippen LogP contribution in [0.3, 0.4) is 0 Å². The molecule has 0 saturated carbocycles. The average molecular weight is 970 g/mol. The summed E-state index contributed by atoms with van der Waals surface area (Å²) in [6.45, 7) is 6.61. The van der Waals surface area contributed by atoms with E-state index in [1.807, 2.05) is 0 Å². The Morgan fingerprint density at radius 3 is 0.855 bits per heavy atom. The Kier molecular flexibility index (Phi) is 56.2. The number of ether oxygens (including phenoxy) is 3. The van der Waals surface area contributed by atoms with E-state index >= 15 is 0 Å². The van der Waals surface area contributed by atoms with Crippen molar-refractivity contribution in [3.63, 3.8) is 0 Å². The van der Waals surface area contributed by atoms with Gasteiger partial charge < -0.3 is 14.2 Å². The highest BCUT2D eigenvalue weighted by atomic mass is 16.6. The Labute approximate surface area is 429 Å². The van der Waals surface area contributed by atoms with E-state index in [9.17, 15) is 14.4 Å². The molecule has 0 N–H and O–H groups in total. The van der Waals surface area contributed by atoms with Crippen molar-refractivity contribution in [2.24, 2.45) is 0 Å². The predicted octanol–water partition coefficient (Wildman–Crippen LogP) is 20.4. The number of rotatable bonds is 56. The first-order valence-corrected chi connectivity index (χ1v) is 30.5. The molecule has 1 unspecified atom stereocenters. The topological polar surface area (TPSA) is 78.9 Å². The first-order valence-electron chi connectivity index (χ1n) is 30.5. The third kappa shape index (κ3) is 56.4. The average Bonchev–Trinajstić information content (AvgIpc) is 3.35. The van der Waals surface area contributed by atoms with Gasteiger partial charge in [0.1, 0.15) is 13.2 Å². The van der Waals surface area contributed by atoms with Crippen molar-refractivity contribution < 1.29 is 28.6 Å². The summed E-state index contributed by atoms with van der Waals surface area (Å²) in [6, 6.07) is 0. The molecule has 0 bridgehead atoms. The summed E-state index contributed by atoms with van der Waals surface area (Å²) in [6.07, 6.45) is 70.2. The van der Waals surface area contributed by atoms with Crippen molar-refractivity contribution in [3.8, 4) is 0 Å². The molecule has 0 spiro atoms.